The maximum Gasteiger partial charge on any atom is 0.162 e. The Hall–Kier alpha value is -1.91. The Balaban J connectivity index is 1.98. The SMILES string of the molecule is CCC(C)Oc1cccc(CNCc2cc(OC)c(OC)cc2Cl)c1. The summed E-state index contributed by atoms with van der Waals surface area (Å²) in [6, 6.07) is 11.8. The van der Waals surface area contributed by atoms with Crippen LogP contribution in [0, 0.1) is 0 Å². The molecule has 4 nitrogen and oxygen atoms in total. The minimum atomic E-state index is 0.216. The van der Waals surface area contributed by atoms with Crippen LogP contribution in [0.3, 0.4) is 0 Å². The summed E-state index contributed by atoms with van der Waals surface area (Å²) in [4.78, 5) is 0. The number of hydrogen-bond donors (Lipinski definition) is 1. The monoisotopic (exact) mass is 363 g/mol. The lowest BCUT2D eigenvalue weighted by atomic mass is 10.1. The second-order valence-corrected chi connectivity index (χ2v) is 6.29. The third kappa shape index (κ3) is 5.55. The van der Waals surface area contributed by atoms with Gasteiger partial charge in [0.05, 0.1) is 20.3 Å². The van der Waals surface area contributed by atoms with Gasteiger partial charge < -0.3 is 19.5 Å². The maximum absolute atomic E-state index is 6.32. The Labute approximate surface area is 155 Å². The molecule has 136 valence electrons. The summed E-state index contributed by atoms with van der Waals surface area (Å²) >= 11 is 6.32. The second-order valence-electron chi connectivity index (χ2n) is 5.89. The first-order valence-electron chi connectivity index (χ1n) is 8.44. The first-order chi connectivity index (χ1) is 12.1. The predicted molar refractivity (Wildman–Crippen MR) is 102 cm³/mol. The van der Waals surface area contributed by atoms with Crippen LogP contribution in [0.15, 0.2) is 36.4 Å². The smallest absolute Gasteiger partial charge is 0.162 e. The van der Waals surface area contributed by atoms with Crippen LogP contribution < -0.4 is 19.5 Å². The molecular weight excluding hydrogens is 338 g/mol. The minimum Gasteiger partial charge on any atom is -0.493 e. The van der Waals surface area contributed by atoms with Gasteiger partial charge in [-0.05, 0) is 42.7 Å². The molecule has 2 rings (SSSR count). The zero-order valence-corrected chi connectivity index (χ0v) is 16.0. The molecule has 1 N–H and O–H groups in total. The van der Waals surface area contributed by atoms with Gasteiger partial charge in [0, 0.05) is 24.2 Å². The van der Waals surface area contributed by atoms with Gasteiger partial charge in [0.2, 0.25) is 0 Å². The molecule has 0 saturated heterocycles. The largest absolute Gasteiger partial charge is 0.493 e. The lowest BCUT2D eigenvalue weighted by Crippen LogP contribution is -2.14. The molecular formula is C20H26ClNO3. The van der Waals surface area contributed by atoms with E-state index in [0.29, 0.717) is 23.1 Å². The van der Waals surface area contributed by atoms with Gasteiger partial charge in [-0.1, -0.05) is 30.7 Å². The van der Waals surface area contributed by atoms with E-state index < -0.39 is 0 Å². The average molecular weight is 364 g/mol. The standard InChI is InChI=1S/C20H26ClNO3/c1-5-14(2)25-17-8-6-7-15(9-17)12-22-13-16-10-19(23-3)20(24-4)11-18(16)21/h6-11,14,22H,5,12-13H2,1-4H3. The van der Waals surface area contributed by atoms with Crippen molar-refractivity contribution in [3.05, 3.63) is 52.5 Å². The highest BCUT2D eigenvalue weighted by molar-refractivity contribution is 6.31. The van der Waals surface area contributed by atoms with Crippen LogP contribution in [0.5, 0.6) is 17.2 Å². The lowest BCUT2D eigenvalue weighted by Gasteiger charge is -2.14. The lowest BCUT2D eigenvalue weighted by molar-refractivity contribution is 0.217. The molecule has 0 amide bonds. The normalized spacial score (nSPS) is 11.9. The van der Waals surface area contributed by atoms with Crippen molar-refractivity contribution in [2.45, 2.75) is 39.5 Å². The quantitative estimate of drug-likeness (QED) is 0.693. The van der Waals surface area contributed by atoms with Crippen LogP contribution in [0.1, 0.15) is 31.4 Å². The van der Waals surface area contributed by atoms with Gasteiger partial charge in [-0.25, -0.2) is 0 Å². The highest BCUT2D eigenvalue weighted by atomic mass is 35.5. The first kappa shape index (κ1) is 19.4. The van der Waals surface area contributed by atoms with Gasteiger partial charge in [0.25, 0.3) is 0 Å². The van der Waals surface area contributed by atoms with Crippen molar-refractivity contribution in [2.24, 2.45) is 0 Å². The number of ether oxygens (including phenoxy) is 3. The molecule has 0 spiro atoms. The molecule has 0 bridgehead atoms. The summed E-state index contributed by atoms with van der Waals surface area (Å²) < 4.78 is 16.5. The molecule has 0 aliphatic heterocycles. The number of nitrogens with one attached hydrogen (secondary N) is 1. The molecule has 0 fully saturated rings. The van der Waals surface area contributed by atoms with Crippen molar-refractivity contribution in [3.63, 3.8) is 0 Å². The Morgan fingerprint density at radius 2 is 1.76 bits per heavy atom. The molecule has 0 aromatic heterocycles. The Morgan fingerprint density at radius 1 is 1.04 bits per heavy atom. The van der Waals surface area contributed by atoms with Crippen molar-refractivity contribution in [1.29, 1.82) is 0 Å². The van der Waals surface area contributed by atoms with Crippen molar-refractivity contribution in [1.82, 2.24) is 5.32 Å². The number of hydrogen-bond acceptors (Lipinski definition) is 4. The Bertz CT molecular complexity index is 691. The average Bonchev–Trinajstić information content (AvgIpc) is 2.62. The van der Waals surface area contributed by atoms with E-state index in [-0.39, 0.29) is 6.10 Å². The predicted octanol–water partition coefficient (Wildman–Crippen LogP) is 4.82. The van der Waals surface area contributed by atoms with Crippen LogP contribution in [-0.2, 0) is 13.1 Å². The summed E-state index contributed by atoms with van der Waals surface area (Å²) in [5.74, 6) is 2.21. The van der Waals surface area contributed by atoms with E-state index in [0.717, 1.165) is 29.8 Å². The molecule has 0 saturated carbocycles. The molecule has 2 aromatic carbocycles. The third-order valence-electron chi connectivity index (χ3n) is 4.01. The molecule has 0 radical (unpaired) electrons. The van der Waals surface area contributed by atoms with E-state index >= 15 is 0 Å². The summed E-state index contributed by atoms with van der Waals surface area (Å²) in [6.45, 7) is 5.55. The minimum absolute atomic E-state index is 0.216. The fourth-order valence-corrected chi connectivity index (χ4v) is 2.64. The van der Waals surface area contributed by atoms with Gasteiger partial charge >= 0.3 is 0 Å². The molecule has 5 heteroatoms. The van der Waals surface area contributed by atoms with Crippen LogP contribution in [-0.4, -0.2) is 20.3 Å². The van der Waals surface area contributed by atoms with E-state index in [9.17, 15) is 0 Å². The zero-order chi connectivity index (χ0) is 18.2. The summed E-state index contributed by atoms with van der Waals surface area (Å²) in [7, 11) is 3.21. The van der Waals surface area contributed by atoms with E-state index in [2.05, 4.69) is 31.3 Å². The molecule has 1 atom stereocenters. The molecule has 0 aliphatic rings. The van der Waals surface area contributed by atoms with Gasteiger partial charge in [0.15, 0.2) is 11.5 Å². The van der Waals surface area contributed by atoms with E-state index in [1.807, 2.05) is 18.2 Å². The van der Waals surface area contributed by atoms with Crippen molar-refractivity contribution in [2.75, 3.05) is 14.2 Å². The first-order valence-corrected chi connectivity index (χ1v) is 8.81. The van der Waals surface area contributed by atoms with Gasteiger partial charge in [-0.2, -0.15) is 0 Å². The fourth-order valence-electron chi connectivity index (χ4n) is 2.42. The van der Waals surface area contributed by atoms with Crippen LogP contribution >= 0.6 is 11.6 Å². The van der Waals surface area contributed by atoms with Gasteiger partial charge in [-0.15, -0.1) is 0 Å². The third-order valence-corrected chi connectivity index (χ3v) is 4.36. The Kier molecular flexibility index (Phi) is 7.41. The molecule has 0 aliphatic carbocycles. The number of methoxy groups -OCH3 is 2. The topological polar surface area (TPSA) is 39.7 Å². The van der Waals surface area contributed by atoms with Crippen LogP contribution in [0.25, 0.3) is 0 Å². The van der Waals surface area contributed by atoms with Gasteiger partial charge in [0.1, 0.15) is 5.75 Å². The van der Waals surface area contributed by atoms with Crippen molar-refractivity contribution < 1.29 is 14.2 Å². The maximum atomic E-state index is 6.32. The van der Waals surface area contributed by atoms with Crippen molar-refractivity contribution >= 4 is 11.6 Å². The zero-order valence-electron chi connectivity index (χ0n) is 15.3. The molecule has 2 aromatic rings. The fraction of sp³-hybridized carbons (Fsp3) is 0.400. The Morgan fingerprint density at radius 3 is 2.44 bits per heavy atom. The highest BCUT2D eigenvalue weighted by Crippen LogP contribution is 2.33. The van der Waals surface area contributed by atoms with Crippen LogP contribution in [0.4, 0.5) is 0 Å². The second kappa shape index (κ2) is 9.54. The summed E-state index contributed by atoms with van der Waals surface area (Å²) in [5, 5.41) is 4.06. The van der Waals surface area contributed by atoms with E-state index in [4.69, 9.17) is 25.8 Å². The van der Waals surface area contributed by atoms with Gasteiger partial charge in [-0.3, -0.25) is 0 Å². The number of halogens is 1. The summed E-state index contributed by atoms with van der Waals surface area (Å²) in [6.07, 6.45) is 1.20. The van der Waals surface area contributed by atoms with E-state index in [1.165, 1.54) is 0 Å². The molecule has 25 heavy (non-hydrogen) atoms. The molecule has 1 unspecified atom stereocenters. The van der Waals surface area contributed by atoms with Crippen LogP contribution in [0.2, 0.25) is 5.02 Å². The summed E-state index contributed by atoms with van der Waals surface area (Å²) in [5.41, 5.74) is 2.13. The van der Waals surface area contributed by atoms with Crippen molar-refractivity contribution in [3.8, 4) is 17.2 Å². The number of rotatable bonds is 9. The molecule has 0 heterocycles. The number of benzene rings is 2. The highest BCUT2D eigenvalue weighted by Gasteiger charge is 2.10. The van der Waals surface area contributed by atoms with E-state index in [1.54, 1.807) is 20.3 Å².